The maximum atomic E-state index is 10.6. The second-order valence-electron chi connectivity index (χ2n) is 4.03. The minimum absolute atomic E-state index is 0.0161. The standard InChI is InChI=1S/C13H13BrN2O2S/c1-9(10-3-2-4-11(14)7-10)16-6-5-15-13(16)19-8-12(17)18/h2-7,9H,8H2,1H3,(H,17,18). The number of imidazole rings is 1. The number of carboxylic acid groups (broad SMARTS) is 1. The molecular formula is C13H13BrN2O2S. The van der Waals surface area contributed by atoms with Crippen LogP contribution in [0.4, 0.5) is 0 Å². The minimum atomic E-state index is -0.838. The topological polar surface area (TPSA) is 55.1 Å². The van der Waals surface area contributed by atoms with E-state index in [0.29, 0.717) is 0 Å². The number of hydrogen-bond donors (Lipinski definition) is 1. The summed E-state index contributed by atoms with van der Waals surface area (Å²) in [5.74, 6) is -0.822. The fourth-order valence-electron chi connectivity index (χ4n) is 1.76. The van der Waals surface area contributed by atoms with Gasteiger partial charge < -0.3 is 9.67 Å². The molecule has 0 bridgehead atoms. The Labute approximate surface area is 124 Å². The lowest BCUT2D eigenvalue weighted by Crippen LogP contribution is -2.08. The number of hydrogen-bond acceptors (Lipinski definition) is 3. The van der Waals surface area contributed by atoms with Crippen LogP contribution in [0.2, 0.25) is 0 Å². The van der Waals surface area contributed by atoms with Gasteiger partial charge in [-0.2, -0.15) is 0 Å². The number of benzene rings is 1. The predicted molar refractivity (Wildman–Crippen MR) is 78.5 cm³/mol. The van der Waals surface area contributed by atoms with E-state index in [2.05, 4.69) is 33.9 Å². The molecule has 0 saturated carbocycles. The van der Waals surface area contributed by atoms with Crippen LogP contribution >= 0.6 is 27.7 Å². The molecule has 1 N–H and O–H groups in total. The molecule has 100 valence electrons. The highest BCUT2D eigenvalue weighted by Gasteiger charge is 2.13. The van der Waals surface area contributed by atoms with Gasteiger partial charge in [-0.25, -0.2) is 4.98 Å². The van der Waals surface area contributed by atoms with Gasteiger partial charge in [-0.1, -0.05) is 39.8 Å². The van der Waals surface area contributed by atoms with E-state index < -0.39 is 5.97 Å². The Bertz CT molecular complexity index is 586. The van der Waals surface area contributed by atoms with Crippen LogP contribution in [-0.2, 0) is 4.79 Å². The zero-order chi connectivity index (χ0) is 13.8. The molecular weight excluding hydrogens is 328 g/mol. The molecule has 0 fully saturated rings. The maximum Gasteiger partial charge on any atom is 0.313 e. The van der Waals surface area contributed by atoms with Crippen LogP contribution in [0.25, 0.3) is 0 Å². The van der Waals surface area contributed by atoms with Gasteiger partial charge in [0.05, 0.1) is 11.8 Å². The third-order valence-electron chi connectivity index (χ3n) is 2.71. The molecule has 0 radical (unpaired) electrons. The average molecular weight is 341 g/mol. The number of carboxylic acids is 1. The third kappa shape index (κ3) is 3.61. The summed E-state index contributed by atoms with van der Waals surface area (Å²) in [5.41, 5.74) is 1.14. The molecule has 0 aliphatic rings. The van der Waals surface area contributed by atoms with Crippen molar-refractivity contribution in [1.82, 2.24) is 9.55 Å². The van der Waals surface area contributed by atoms with Gasteiger partial charge in [0.25, 0.3) is 0 Å². The van der Waals surface area contributed by atoms with Crippen LogP contribution < -0.4 is 0 Å². The summed E-state index contributed by atoms with van der Waals surface area (Å²) in [7, 11) is 0. The van der Waals surface area contributed by atoms with E-state index >= 15 is 0 Å². The fourth-order valence-corrected chi connectivity index (χ4v) is 2.93. The van der Waals surface area contributed by atoms with Gasteiger partial charge >= 0.3 is 5.97 Å². The molecule has 1 heterocycles. The third-order valence-corrected chi connectivity index (χ3v) is 4.17. The highest BCUT2D eigenvalue weighted by molar-refractivity contribution is 9.10. The number of rotatable bonds is 5. The van der Waals surface area contributed by atoms with Crippen molar-refractivity contribution >= 4 is 33.7 Å². The summed E-state index contributed by atoms with van der Waals surface area (Å²) in [6, 6.07) is 8.16. The number of halogens is 1. The van der Waals surface area contributed by atoms with Crippen molar-refractivity contribution in [3.63, 3.8) is 0 Å². The molecule has 0 aliphatic heterocycles. The molecule has 0 spiro atoms. The van der Waals surface area contributed by atoms with Crippen LogP contribution in [0.1, 0.15) is 18.5 Å². The minimum Gasteiger partial charge on any atom is -0.481 e. The van der Waals surface area contributed by atoms with Gasteiger partial charge in [0.2, 0.25) is 0 Å². The molecule has 0 amide bonds. The lowest BCUT2D eigenvalue weighted by molar-refractivity contribution is -0.133. The molecule has 1 aromatic heterocycles. The van der Waals surface area contributed by atoms with Gasteiger partial charge in [-0.05, 0) is 24.6 Å². The summed E-state index contributed by atoms with van der Waals surface area (Å²) in [6.45, 7) is 2.06. The van der Waals surface area contributed by atoms with E-state index in [1.54, 1.807) is 6.20 Å². The van der Waals surface area contributed by atoms with Gasteiger partial charge in [0.15, 0.2) is 5.16 Å². The highest BCUT2D eigenvalue weighted by atomic mass is 79.9. The van der Waals surface area contributed by atoms with E-state index in [4.69, 9.17) is 5.11 Å². The van der Waals surface area contributed by atoms with Gasteiger partial charge in [-0.3, -0.25) is 4.79 Å². The molecule has 19 heavy (non-hydrogen) atoms. The lowest BCUT2D eigenvalue weighted by atomic mass is 10.1. The molecule has 1 unspecified atom stereocenters. The Morgan fingerprint density at radius 1 is 1.58 bits per heavy atom. The highest BCUT2D eigenvalue weighted by Crippen LogP contribution is 2.26. The zero-order valence-electron chi connectivity index (χ0n) is 10.3. The average Bonchev–Trinajstić information content (AvgIpc) is 2.83. The second-order valence-corrected chi connectivity index (χ2v) is 5.89. The predicted octanol–water partition coefficient (Wildman–Crippen LogP) is 3.43. The quantitative estimate of drug-likeness (QED) is 0.847. The van der Waals surface area contributed by atoms with Crippen LogP contribution in [0.3, 0.4) is 0 Å². The first-order chi connectivity index (χ1) is 9.08. The Balaban J connectivity index is 2.22. The van der Waals surface area contributed by atoms with Crippen molar-refractivity contribution in [2.75, 3.05) is 5.75 Å². The maximum absolute atomic E-state index is 10.6. The van der Waals surface area contributed by atoms with Crippen molar-refractivity contribution < 1.29 is 9.90 Å². The molecule has 2 rings (SSSR count). The molecule has 2 aromatic rings. The normalized spacial score (nSPS) is 12.3. The summed E-state index contributed by atoms with van der Waals surface area (Å²) >= 11 is 4.68. The Morgan fingerprint density at radius 3 is 3.05 bits per heavy atom. The summed E-state index contributed by atoms with van der Waals surface area (Å²) in [5, 5.41) is 9.45. The summed E-state index contributed by atoms with van der Waals surface area (Å²) in [6.07, 6.45) is 3.56. The monoisotopic (exact) mass is 340 g/mol. The lowest BCUT2D eigenvalue weighted by Gasteiger charge is -2.16. The number of aromatic nitrogens is 2. The molecule has 1 atom stereocenters. The van der Waals surface area contributed by atoms with E-state index in [0.717, 1.165) is 15.2 Å². The van der Waals surface area contributed by atoms with Gasteiger partial charge in [-0.15, -0.1) is 0 Å². The van der Waals surface area contributed by atoms with Crippen LogP contribution in [0, 0.1) is 0 Å². The van der Waals surface area contributed by atoms with Crippen molar-refractivity contribution in [3.05, 3.63) is 46.7 Å². The van der Waals surface area contributed by atoms with Crippen molar-refractivity contribution in [3.8, 4) is 0 Å². The first kappa shape index (κ1) is 14.1. The fraction of sp³-hybridized carbons (Fsp3) is 0.231. The SMILES string of the molecule is CC(c1cccc(Br)c1)n1ccnc1SCC(=O)O. The van der Waals surface area contributed by atoms with E-state index in [1.165, 1.54) is 11.8 Å². The second kappa shape index (κ2) is 6.25. The van der Waals surface area contributed by atoms with Crippen molar-refractivity contribution in [2.45, 2.75) is 18.1 Å². The van der Waals surface area contributed by atoms with E-state index in [9.17, 15) is 4.79 Å². The van der Waals surface area contributed by atoms with Crippen LogP contribution in [0.15, 0.2) is 46.3 Å². The zero-order valence-corrected chi connectivity index (χ0v) is 12.7. The van der Waals surface area contributed by atoms with Crippen molar-refractivity contribution in [2.24, 2.45) is 0 Å². The van der Waals surface area contributed by atoms with Gasteiger partial charge in [0.1, 0.15) is 0 Å². The number of nitrogens with zero attached hydrogens (tertiary/aromatic N) is 2. The molecule has 6 heteroatoms. The smallest absolute Gasteiger partial charge is 0.313 e. The van der Waals surface area contributed by atoms with Crippen LogP contribution in [0.5, 0.6) is 0 Å². The van der Waals surface area contributed by atoms with E-state index in [1.807, 2.05) is 29.0 Å². The first-order valence-electron chi connectivity index (χ1n) is 5.71. The summed E-state index contributed by atoms with van der Waals surface area (Å²) < 4.78 is 3.01. The van der Waals surface area contributed by atoms with Crippen LogP contribution in [-0.4, -0.2) is 26.4 Å². The van der Waals surface area contributed by atoms with E-state index in [-0.39, 0.29) is 11.8 Å². The summed E-state index contributed by atoms with van der Waals surface area (Å²) in [4.78, 5) is 14.8. The Hall–Kier alpha value is -1.27. The molecule has 0 aliphatic carbocycles. The van der Waals surface area contributed by atoms with Gasteiger partial charge in [0, 0.05) is 16.9 Å². The Kier molecular flexibility index (Phi) is 4.66. The largest absolute Gasteiger partial charge is 0.481 e. The number of thioether (sulfide) groups is 1. The van der Waals surface area contributed by atoms with Crippen molar-refractivity contribution in [1.29, 1.82) is 0 Å². The molecule has 1 aromatic carbocycles. The number of carbonyl (C=O) groups is 1. The molecule has 4 nitrogen and oxygen atoms in total. The molecule has 0 saturated heterocycles. The Morgan fingerprint density at radius 2 is 2.37 bits per heavy atom. The first-order valence-corrected chi connectivity index (χ1v) is 7.48. The number of aliphatic carboxylic acids is 1.